The van der Waals surface area contributed by atoms with Crippen LogP contribution in [0.2, 0.25) is 0 Å². The van der Waals surface area contributed by atoms with Crippen LogP contribution in [0.3, 0.4) is 0 Å². The van der Waals surface area contributed by atoms with E-state index in [-0.39, 0.29) is 50.0 Å². The first kappa shape index (κ1) is 42.0. The number of carbonyl (C=O) groups is 6. The number of esters is 1. The number of benzene rings is 1. The molecule has 0 radical (unpaired) electrons. The van der Waals surface area contributed by atoms with Crippen molar-refractivity contribution in [2.45, 2.75) is 96.1 Å². The Morgan fingerprint density at radius 2 is 1.62 bits per heavy atom. The quantitative estimate of drug-likeness (QED) is 0.0800. The summed E-state index contributed by atoms with van der Waals surface area (Å²) in [6.07, 6.45) is 5.00. The van der Waals surface area contributed by atoms with Gasteiger partial charge in [-0.05, 0) is 68.2 Å². The van der Waals surface area contributed by atoms with Crippen LogP contribution in [0.4, 0.5) is 4.39 Å². The van der Waals surface area contributed by atoms with Gasteiger partial charge in [-0.1, -0.05) is 19.3 Å². The molecule has 2 aromatic heterocycles. The lowest BCUT2D eigenvalue weighted by molar-refractivity contribution is -0.172. The highest BCUT2D eigenvalue weighted by Crippen LogP contribution is 2.46. The Kier molecular flexibility index (Phi) is 12.3. The lowest BCUT2D eigenvalue weighted by atomic mass is 9.81. The number of pyridine rings is 2. The number of fused-ring (bicyclic) bond motifs is 5. The molecule has 0 saturated heterocycles. The molecule has 1 unspecified atom stereocenters. The standard InChI is InChI=1S/C42H46FN7O10/c1-3-42(58)27-13-31-39-25(19-50(31)40(56)26(27)20-60-41(42)57)38-29(12-11-24-22(2)28(43)14-30(49-39)37(24)38)48-35(54)18-46-33(52)16-44-32(51)15-45-34(53)17-47-36(55)21-59-23-9-7-5-4-6-8-10-23/h13-14,23,29,58H,3-7,9,11-12,15-21H2,1-2H3,(H,44,51)(H,45,53)(H,46,52)(H,47,55)(H,48,54)/t23?,29-,42-/m0/s1. The summed E-state index contributed by atoms with van der Waals surface area (Å²) in [5.41, 5.74) is 1.25. The van der Waals surface area contributed by atoms with Gasteiger partial charge in [-0.25, -0.2) is 14.2 Å². The van der Waals surface area contributed by atoms with Crippen LogP contribution in [0, 0.1) is 24.6 Å². The third-order valence-electron chi connectivity index (χ3n) is 11.4. The van der Waals surface area contributed by atoms with Crippen LogP contribution >= 0.6 is 0 Å². The maximum Gasteiger partial charge on any atom is 0.343 e. The van der Waals surface area contributed by atoms with Crippen molar-refractivity contribution in [3.8, 4) is 23.2 Å². The predicted octanol–water partition coefficient (Wildman–Crippen LogP) is 0.448. The highest BCUT2D eigenvalue weighted by molar-refractivity contribution is 5.95. The first-order valence-electron chi connectivity index (χ1n) is 20.1. The Hall–Kier alpha value is -6.19. The minimum atomic E-state index is -2.04. The average molecular weight is 828 g/mol. The second kappa shape index (κ2) is 17.6. The molecule has 2 aliphatic heterocycles. The molecule has 0 spiro atoms. The number of halogens is 1. The molecular weight excluding hydrogens is 781 g/mol. The SMILES string of the molecule is CC[C@@]1(O)C(=O)OCc2c1cc1n(c2=O)Cc2c-1nc1cc(F)c(C)c3c1c2[C@@H](NC(=O)CNC(=O)CNC(=O)CNC(=O)CNC(=O)COC1C#CCCCCC1)CC3. The molecule has 5 amide bonds. The van der Waals surface area contributed by atoms with Crippen LogP contribution in [0.15, 0.2) is 16.9 Å². The molecule has 2 aliphatic carbocycles. The summed E-state index contributed by atoms with van der Waals surface area (Å²) in [6.45, 7) is 1.01. The molecule has 0 bridgehead atoms. The molecule has 6 N–H and O–H groups in total. The number of cyclic esters (lactones) is 1. The predicted molar refractivity (Wildman–Crippen MR) is 211 cm³/mol. The molecule has 4 heterocycles. The fourth-order valence-electron chi connectivity index (χ4n) is 8.18. The maximum atomic E-state index is 15.2. The van der Waals surface area contributed by atoms with E-state index < -0.39 is 78.2 Å². The lowest BCUT2D eigenvalue weighted by Gasteiger charge is -2.31. The Morgan fingerprint density at radius 1 is 0.933 bits per heavy atom. The summed E-state index contributed by atoms with van der Waals surface area (Å²) in [5, 5.41) is 24.5. The smallest absolute Gasteiger partial charge is 0.343 e. The number of nitrogens with zero attached hydrogens (tertiary/aromatic N) is 2. The van der Waals surface area contributed by atoms with E-state index in [9.17, 15) is 38.7 Å². The maximum absolute atomic E-state index is 15.2. The number of hydrogen-bond acceptors (Lipinski definition) is 11. The average Bonchev–Trinajstić information content (AvgIpc) is 3.59. The highest BCUT2D eigenvalue weighted by Gasteiger charge is 2.46. The molecule has 1 aromatic carbocycles. The van der Waals surface area contributed by atoms with Crippen LogP contribution in [-0.2, 0) is 63.4 Å². The molecule has 3 aromatic rings. The van der Waals surface area contributed by atoms with Crippen LogP contribution in [0.1, 0.15) is 91.3 Å². The Labute approximate surface area is 343 Å². The largest absolute Gasteiger partial charge is 0.458 e. The van der Waals surface area contributed by atoms with Crippen molar-refractivity contribution in [1.82, 2.24) is 36.1 Å². The van der Waals surface area contributed by atoms with Crippen LogP contribution in [0.25, 0.3) is 22.3 Å². The fourth-order valence-corrected chi connectivity index (χ4v) is 8.18. The number of hydrogen-bond donors (Lipinski definition) is 6. The molecule has 0 saturated carbocycles. The summed E-state index contributed by atoms with van der Waals surface area (Å²) in [5.74, 6) is 1.68. The van der Waals surface area contributed by atoms with E-state index in [2.05, 4.69) is 38.4 Å². The highest BCUT2D eigenvalue weighted by atomic mass is 19.1. The van der Waals surface area contributed by atoms with Crippen molar-refractivity contribution in [2.75, 3.05) is 32.8 Å². The first-order valence-corrected chi connectivity index (χ1v) is 20.1. The van der Waals surface area contributed by atoms with E-state index in [1.807, 2.05) is 0 Å². The van der Waals surface area contributed by atoms with E-state index in [1.165, 1.54) is 10.6 Å². The zero-order chi connectivity index (χ0) is 42.7. The van der Waals surface area contributed by atoms with Gasteiger partial charge in [0.25, 0.3) is 5.56 Å². The topological polar surface area (TPSA) is 236 Å². The Balaban J connectivity index is 0.942. The van der Waals surface area contributed by atoms with Crippen LogP contribution in [-0.4, -0.2) is 89.1 Å². The van der Waals surface area contributed by atoms with Crippen molar-refractivity contribution in [3.05, 3.63) is 61.7 Å². The number of aromatic nitrogens is 2. The summed E-state index contributed by atoms with van der Waals surface area (Å²) < 4.78 is 27.4. The van der Waals surface area contributed by atoms with Gasteiger partial charge < -0.3 is 45.7 Å². The second-order valence-electron chi connectivity index (χ2n) is 15.3. The molecular formula is C42H46FN7O10. The second-order valence-corrected chi connectivity index (χ2v) is 15.3. The molecule has 7 rings (SSSR count). The summed E-state index contributed by atoms with van der Waals surface area (Å²) >= 11 is 0. The summed E-state index contributed by atoms with van der Waals surface area (Å²) in [4.78, 5) is 93.8. The van der Waals surface area contributed by atoms with Crippen molar-refractivity contribution >= 4 is 46.4 Å². The fraction of sp³-hybridized carbons (Fsp3) is 0.476. The lowest BCUT2D eigenvalue weighted by Crippen LogP contribution is -2.46. The Morgan fingerprint density at radius 3 is 2.32 bits per heavy atom. The normalized spacial score (nSPS) is 19.8. The minimum absolute atomic E-state index is 0.0373. The number of aliphatic hydroxyl groups is 1. The Bertz CT molecular complexity index is 2440. The minimum Gasteiger partial charge on any atom is -0.458 e. The van der Waals surface area contributed by atoms with Gasteiger partial charge in [0, 0.05) is 29.0 Å². The first-order chi connectivity index (χ1) is 28.8. The van der Waals surface area contributed by atoms with E-state index in [4.69, 9.17) is 14.5 Å². The van der Waals surface area contributed by atoms with E-state index in [0.29, 0.717) is 51.8 Å². The van der Waals surface area contributed by atoms with Gasteiger partial charge in [0.2, 0.25) is 29.5 Å². The molecule has 4 aliphatic rings. The summed E-state index contributed by atoms with van der Waals surface area (Å²) in [7, 11) is 0. The number of ether oxygens (including phenoxy) is 2. The number of nitrogens with one attached hydrogen (secondary N) is 5. The molecule has 316 valence electrons. The van der Waals surface area contributed by atoms with Gasteiger partial charge in [0.15, 0.2) is 5.60 Å². The van der Waals surface area contributed by atoms with Crippen LogP contribution < -0.4 is 32.1 Å². The molecule has 17 nitrogen and oxygen atoms in total. The number of amides is 5. The number of rotatable bonds is 13. The van der Waals surface area contributed by atoms with Gasteiger partial charge in [-0.3, -0.25) is 28.8 Å². The van der Waals surface area contributed by atoms with Gasteiger partial charge in [0.1, 0.15) is 25.1 Å². The van der Waals surface area contributed by atoms with Crippen molar-refractivity contribution < 1.29 is 47.7 Å². The third-order valence-corrected chi connectivity index (χ3v) is 11.4. The monoisotopic (exact) mass is 827 g/mol. The van der Waals surface area contributed by atoms with Gasteiger partial charge >= 0.3 is 5.97 Å². The zero-order valence-electron chi connectivity index (χ0n) is 33.3. The summed E-state index contributed by atoms with van der Waals surface area (Å²) in [6, 6.07) is 2.25. The zero-order valence-corrected chi connectivity index (χ0v) is 33.3. The van der Waals surface area contributed by atoms with E-state index >= 15 is 4.39 Å². The third kappa shape index (κ3) is 8.45. The van der Waals surface area contributed by atoms with E-state index in [1.54, 1.807) is 19.9 Å². The molecule has 0 fully saturated rings. The van der Waals surface area contributed by atoms with Gasteiger partial charge in [-0.15, -0.1) is 5.92 Å². The number of carbonyl (C=O) groups excluding carboxylic acids is 6. The molecule has 18 heteroatoms. The number of aryl methyl sites for hydroxylation is 1. The molecule has 60 heavy (non-hydrogen) atoms. The van der Waals surface area contributed by atoms with Crippen LogP contribution in [0.5, 0.6) is 0 Å². The van der Waals surface area contributed by atoms with Gasteiger partial charge in [0.05, 0.1) is 61.2 Å². The molecule has 3 atom stereocenters. The van der Waals surface area contributed by atoms with Crippen molar-refractivity contribution in [2.24, 2.45) is 0 Å². The van der Waals surface area contributed by atoms with Gasteiger partial charge in [-0.2, -0.15) is 0 Å². The van der Waals surface area contributed by atoms with Crippen molar-refractivity contribution in [3.63, 3.8) is 0 Å². The van der Waals surface area contributed by atoms with Crippen molar-refractivity contribution in [1.29, 1.82) is 0 Å². The van der Waals surface area contributed by atoms with E-state index in [0.717, 1.165) is 37.7 Å².